The van der Waals surface area contributed by atoms with Crippen LogP contribution in [0.1, 0.15) is 12.8 Å². The summed E-state index contributed by atoms with van der Waals surface area (Å²) in [5.74, 6) is 0. The molecule has 92 valence electrons. The molecule has 0 bridgehead atoms. The van der Waals surface area contributed by atoms with Crippen molar-refractivity contribution >= 4 is 23.3 Å². The van der Waals surface area contributed by atoms with E-state index in [0.717, 1.165) is 11.0 Å². The Morgan fingerprint density at radius 2 is 2.18 bits per heavy atom. The quantitative estimate of drug-likeness (QED) is 0.859. The highest BCUT2D eigenvalue weighted by molar-refractivity contribution is 7.71. The van der Waals surface area contributed by atoms with Gasteiger partial charge in [-0.3, -0.25) is 4.98 Å². The van der Waals surface area contributed by atoms with Gasteiger partial charge >= 0.3 is 6.18 Å². The number of aromatic amines is 1. The SMILES string of the molecule is FC(F)(F)CCCn1c(=S)[nH]c2cnccc21. The predicted octanol–water partition coefficient (Wildman–Crippen LogP) is 3.44. The lowest BCUT2D eigenvalue weighted by molar-refractivity contribution is -0.135. The van der Waals surface area contributed by atoms with E-state index in [0.29, 0.717) is 4.77 Å². The smallest absolute Gasteiger partial charge is 0.329 e. The molecule has 0 atom stereocenters. The van der Waals surface area contributed by atoms with Crippen LogP contribution >= 0.6 is 12.2 Å². The van der Waals surface area contributed by atoms with Gasteiger partial charge in [0, 0.05) is 19.2 Å². The highest BCUT2D eigenvalue weighted by Crippen LogP contribution is 2.22. The highest BCUT2D eigenvalue weighted by atomic mass is 32.1. The van der Waals surface area contributed by atoms with Crippen molar-refractivity contribution in [3.05, 3.63) is 23.2 Å². The lowest BCUT2D eigenvalue weighted by Crippen LogP contribution is -2.09. The van der Waals surface area contributed by atoms with Gasteiger partial charge in [0.05, 0.1) is 17.2 Å². The van der Waals surface area contributed by atoms with Gasteiger partial charge in [0.2, 0.25) is 0 Å². The number of hydrogen-bond acceptors (Lipinski definition) is 2. The molecule has 0 saturated heterocycles. The van der Waals surface area contributed by atoms with Crippen molar-refractivity contribution in [1.82, 2.24) is 14.5 Å². The molecule has 0 spiro atoms. The van der Waals surface area contributed by atoms with Crippen LogP contribution in [-0.2, 0) is 6.54 Å². The number of imidazole rings is 1. The maximum atomic E-state index is 12.0. The van der Waals surface area contributed by atoms with Crippen molar-refractivity contribution in [2.24, 2.45) is 0 Å². The van der Waals surface area contributed by atoms with Crippen LogP contribution in [0.15, 0.2) is 18.5 Å². The van der Waals surface area contributed by atoms with E-state index in [4.69, 9.17) is 12.2 Å². The Balaban J connectivity index is 2.19. The molecule has 0 amide bonds. The van der Waals surface area contributed by atoms with Gasteiger partial charge in [0.15, 0.2) is 4.77 Å². The van der Waals surface area contributed by atoms with E-state index in [2.05, 4.69) is 9.97 Å². The lowest BCUT2D eigenvalue weighted by Gasteiger charge is -2.07. The number of rotatable bonds is 3. The second-order valence-corrected chi connectivity index (χ2v) is 4.08. The van der Waals surface area contributed by atoms with E-state index in [1.54, 1.807) is 23.0 Å². The second-order valence-electron chi connectivity index (χ2n) is 3.69. The Kier molecular flexibility index (Phi) is 3.19. The van der Waals surface area contributed by atoms with Crippen LogP contribution in [-0.4, -0.2) is 20.7 Å². The van der Waals surface area contributed by atoms with Crippen LogP contribution in [0.2, 0.25) is 0 Å². The Morgan fingerprint density at radius 3 is 2.88 bits per heavy atom. The summed E-state index contributed by atoms with van der Waals surface area (Å²) in [5.41, 5.74) is 1.52. The van der Waals surface area contributed by atoms with Gasteiger partial charge < -0.3 is 9.55 Å². The summed E-state index contributed by atoms with van der Waals surface area (Å²) in [6.45, 7) is 0.252. The predicted molar refractivity (Wildman–Crippen MR) is 60.2 cm³/mol. The zero-order valence-corrected chi connectivity index (χ0v) is 9.61. The zero-order valence-electron chi connectivity index (χ0n) is 8.79. The van der Waals surface area contributed by atoms with E-state index >= 15 is 0 Å². The number of hydrogen-bond donors (Lipinski definition) is 1. The third kappa shape index (κ3) is 2.85. The van der Waals surface area contributed by atoms with Crippen molar-refractivity contribution in [2.45, 2.75) is 25.6 Å². The van der Waals surface area contributed by atoms with Crippen molar-refractivity contribution < 1.29 is 13.2 Å². The van der Waals surface area contributed by atoms with E-state index in [1.807, 2.05) is 0 Å². The van der Waals surface area contributed by atoms with Crippen LogP contribution < -0.4 is 0 Å². The first-order valence-corrected chi connectivity index (χ1v) is 5.47. The fourth-order valence-electron chi connectivity index (χ4n) is 1.67. The van der Waals surface area contributed by atoms with E-state index in [1.165, 1.54) is 0 Å². The molecule has 1 N–H and O–H groups in total. The standard InChI is InChI=1S/C10H10F3N3S/c11-10(12,13)3-1-5-16-8-2-4-14-6-7(8)15-9(16)17/h2,4,6H,1,3,5H2,(H,15,17). The maximum Gasteiger partial charge on any atom is 0.389 e. The van der Waals surface area contributed by atoms with Crippen LogP contribution in [0.3, 0.4) is 0 Å². The summed E-state index contributed by atoms with van der Waals surface area (Å²) < 4.78 is 38.2. The average molecular weight is 261 g/mol. The molecule has 2 aromatic rings. The molecule has 7 heteroatoms. The molecule has 2 rings (SSSR count). The zero-order chi connectivity index (χ0) is 12.5. The molecule has 0 saturated carbocycles. The minimum Gasteiger partial charge on any atom is -0.329 e. The molecule has 0 aliphatic rings. The van der Waals surface area contributed by atoms with Gasteiger partial charge in [0.25, 0.3) is 0 Å². The fourth-order valence-corrected chi connectivity index (χ4v) is 1.97. The maximum absolute atomic E-state index is 12.0. The molecule has 2 aromatic heterocycles. The number of halogens is 3. The van der Waals surface area contributed by atoms with Crippen LogP contribution in [0.25, 0.3) is 11.0 Å². The van der Waals surface area contributed by atoms with Crippen molar-refractivity contribution in [3.63, 3.8) is 0 Å². The third-order valence-corrected chi connectivity index (χ3v) is 2.74. The van der Waals surface area contributed by atoms with Crippen LogP contribution in [0.5, 0.6) is 0 Å². The first-order valence-electron chi connectivity index (χ1n) is 5.07. The summed E-state index contributed by atoms with van der Waals surface area (Å²) in [4.78, 5) is 6.82. The number of nitrogens with zero attached hydrogens (tertiary/aromatic N) is 2. The van der Waals surface area contributed by atoms with E-state index in [9.17, 15) is 13.2 Å². The summed E-state index contributed by atoms with van der Waals surface area (Å²) in [5, 5.41) is 0. The molecule has 2 heterocycles. The number of nitrogens with one attached hydrogen (secondary N) is 1. The van der Waals surface area contributed by atoms with Gasteiger partial charge in [-0.05, 0) is 24.7 Å². The van der Waals surface area contributed by atoms with Gasteiger partial charge in [-0.1, -0.05) is 0 Å². The molecular formula is C10H10F3N3S. The molecular weight excluding hydrogens is 251 g/mol. The number of fused-ring (bicyclic) bond motifs is 1. The molecule has 0 aliphatic heterocycles. The highest BCUT2D eigenvalue weighted by Gasteiger charge is 2.26. The Labute approximate surface area is 100 Å². The van der Waals surface area contributed by atoms with E-state index in [-0.39, 0.29) is 13.0 Å². The normalized spacial score (nSPS) is 12.2. The molecule has 0 radical (unpaired) electrons. The molecule has 0 aliphatic carbocycles. The summed E-state index contributed by atoms with van der Waals surface area (Å²) in [6.07, 6.45) is -1.70. The van der Waals surface area contributed by atoms with Gasteiger partial charge in [-0.2, -0.15) is 13.2 Å². The molecule has 17 heavy (non-hydrogen) atoms. The Bertz CT molecular complexity index is 570. The average Bonchev–Trinajstić information content (AvgIpc) is 2.54. The number of pyridine rings is 1. The topological polar surface area (TPSA) is 33.6 Å². The number of aromatic nitrogens is 3. The van der Waals surface area contributed by atoms with Crippen LogP contribution in [0.4, 0.5) is 13.2 Å². The number of alkyl halides is 3. The van der Waals surface area contributed by atoms with E-state index < -0.39 is 12.6 Å². The summed E-state index contributed by atoms with van der Waals surface area (Å²) in [7, 11) is 0. The third-order valence-electron chi connectivity index (χ3n) is 2.42. The van der Waals surface area contributed by atoms with Gasteiger partial charge in [-0.25, -0.2) is 0 Å². The minimum atomic E-state index is -4.12. The molecule has 0 unspecified atom stereocenters. The Hall–Kier alpha value is -1.37. The van der Waals surface area contributed by atoms with Crippen molar-refractivity contribution in [1.29, 1.82) is 0 Å². The molecule has 0 aromatic carbocycles. The largest absolute Gasteiger partial charge is 0.389 e. The molecule has 0 fully saturated rings. The lowest BCUT2D eigenvalue weighted by atomic mass is 10.3. The number of aryl methyl sites for hydroxylation is 1. The van der Waals surface area contributed by atoms with Crippen LogP contribution in [0, 0.1) is 4.77 Å². The fraction of sp³-hybridized carbons (Fsp3) is 0.400. The first-order chi connectivity index (χ1) is 7.97. The summed E-state index contributed by atoms with van der Waals surface area (Å²) >= 11 is 5.06. The second kappa shape index (κ2) is 4.48. The monoisotopic (exact) mass is 261 g/mol. The van der Waals surface area contributed by atoms with Crippen molar-refractivity contribution in [3.8, 4) is 0 Å². The van der Waals surface area contributed by atoms with Crippen molar-refractivity contribution in [2.75, 3.05) is 0 Å². The van der Waals surface area contributed by atoms with Gasteiger partial charge in [-0.15, -0.1) is 0 Å². The Morgan fingerprint density at radius 1 is 1.41 bits per heavy atom. The summed E-state index contributed by atoms with van der Waals surface area (Å²) in [6, 6.07) is 1.73. The first kappa shape index (κ1) is 12.1. The minimum absolute atomic E-state index is 0.0209. The van der Waals surface area contributed by atoms with Gasteiger partial charge in [0.1, 0.15) is 0 Å². The molecule has 3 nitrogen and oxygen atoms in total. The number of H-pyrrole nitrogens is 1.